The number of ether oxygens (including phenoxy) is 1. The lowest BCUT2D eigenvalue weighted by Crippen LogP contribution is -2.56. The first kappa shape index (κ1) is 20.5. The van der Waals surface area contributed by atoms with E-state index in [4.69, 9.17) is 4.74 Å². The highest BCUT2D eigenvalue weighted by Gasteiger charge is 2.47. The van der Waals surface area contributed by atoms with E-state index >= 15 is 0 Å². The van der Waals surface area contributed by atoms with Gasteiger partial charge in [-0.05, 0) is 25.0 Å². The summed E-state index contributed by atoms with van der Waals surface area (Å²) in [6.07, 6.45) is 5.76. The summed E-state index contributed by atoms with van der Waals surface area (Å²) in [5, 5.41) is 21.4. The number of aliphatic hydroxyl groups excluding tert-OH is 1. The van der Waals surface area contributed by atoms with Gasteiger partial charge in [-0.15, -0.1) is 0 Å². The van der Waals surface area contributed by atoms with Crippen LogP contribution in [0.5, 0.6) is 0 Å². The minimum absolute atomic E-state index is 0.0612. The van der Waals surface area contributed by atoms with Crippen LogP contribution in [0.2, 0.25) is 0 Å². The molecule has 6 heteroatoms. The summed E-state index contributed by atoms with van der Waals surface area (Å²) in [6, 6.07) is 12.9. The van der Waals surface area contributed by atoms with Crippen LogP contribution in [-0.2, 0) is 4.74 Å². The van der Waals surface area contributed by atoms with Crippen molar-refractivity contribution in [3.8, 4) is 16.8 Å². The highest BCUT2D eigenvalue weighted by Crippen LogP contribution is 2.40. The Bertz CT molecular complexity index is 1070. The molecule has 1 aliphatic rings. The fourth-order valence-corrected chi connectivity index (χ4v) is 4.17. The highest BCUT2D eigenvalue weighted by molar-refractivity contribution is 5.62. The summed E-state index contributed by atoms with van der Waals surface area (Å²) < 4.78 is 7.99. The molecule has 1 aromatic carbocycles. The average molecular weight is 406 g/mol. The zero-order valence-corrected chi connectivity index (χ0v) is 17.1. The summed E-state index contributed by atoms with van der Waals surface area (Å²) in [6.45, 7) is 3.62. The van der Waals surface area contributed by atoms with Crippen LogP contribution >= 0.6 is 0 Å². The van der Waals surface area contributed by atoms with Gasteiger partial charge in [-0.25, -0.2) is 0 Å². The van der Waals surface area contributed by atoms with Crippen LogP contribution in [0.4, 0.5) is 0 Å². The van der Waals surface area contributed by atoms with Gasteiger partial charge in [0.2, 0.25) is 0 Å². The Morgan fingerprint density at radius 3 is 2.70 bits per heavy atom. The number of aromatic nitrogens is 2. The van der Waals surface area contributed by atoms with Crippen molar-refractivity contribution in [2.45, 2.75) is 50.6 Å². The molecule has 4 atom stereocenters. The highest BCUT2D eigenvalue weighted by atomic mass is 16.5. The number of aliphatic hydroxyl groups is 2. The molecule has 0 spiro atoms. The summed E-state index contributed by atoms with van der Waals surface area (Å²) in [5.41, 5.74) is 1.72. The van der Waals surface area contributed by atoms with Gasteiger partial charge in [-0.2, -0.15) is 0 Å². The molecular formula is C24H26N2O4. The molecular weight excluding hydrogens is 380 g/mol. The Hall–Kier alpha value is -2.80. The van der Waals surface area contributed by atoms with E-state index in [2.05, 4.69) is 4.98 Å². The number of nitrogens with zero attached hydrogens (tertiary/aromatic N) is 2. The van der Waals surface area contributed by atoms with Crippen molar-refractivity contribution < 1.29 is 14.9 Å². The van der Waals surface area contributed by atoms with Gasteiger partial charge < -0.3 is 19.5 Å². The third-order valence-corrected chi connectivity index (χ3v) is 6.12. The van der Waals surface area contributed by atoms with Gasteiger partial charge in [0.1, 0.15) is 5.60 Å². The van der Waals surface area contributed by atoms with Crippen LogP contribution < -0.4 is 5.43 Å². The molecule has 3 heterocycles. The largest absolute Gasteiger partial charge is 0.390 e. The van der Waals surface area contributed by atoms with Gasteiger partial charge in [0.15, 0.2) is 5.43 Å². The Balaban J connectivity index is 1.74. The molecule has 30 heavy (non-hydrogen) atoms. The minimum Gasteiger partial charge on any atom is -0.390 e. The van der Waals surface area contributed by atoms with E-state index in [1.54, 1.807) is 31.7 Å². The molecule has 2 N–H and O–H groups in total. The second-order valence-corrected chi connectivity index (χ2v) is 7.79. The molecule has 1 saturated heterocycles. The molecule has 0 bridgehead atoms. The summed E-state index contributed by atoms with van der Waals surface area (Å²) >= 11 is 0. The summed E-state index contributed by atoms with van der Waals surface area (Å²) in [4.78, 5) is 16.7. The maximum atomic E-state index is 12.5. The van der Waals surface area contributed by atoms with Gasteiger partial charge >= 0.3 is 0 Å². The van der Waals surface area contributed by atoms with Crippen LogP contribution in [0.3, 0.4) is 0 Å². The molecule has 1 fully saturated rings. The predicted octanol–water partition coefficient (Wildman–Crippen LogP) is 3.25. The third kappa shape index (κ3) is 3.58. The molecule has 0 unspecified atom stereocenters. The smallest absolute Gasteiger partial charge is 0.189 e. The number of benzene rings is 1. The van der Waals surface area contributed by atoms with E-state index in [1.165, 1.54) is 6.07 Å². The van der Waals surface area contributed by atoms with Crippen LogP contribution in [0.1, 0.15) is 38.4 Å². The average Bonchev–Trinajstić information content (AvgIpc) is 2.78. The maximum absolute atomic E-state index is 12.5. The van der Waals surface area contributed by atoms with Crippen LogP contribution in [0.25, 0.3) is 16.8 Å². The number of pyridine rings is 2. The third-order valence-electron chi connectivity index (χ3n) is 6.12. The fourth-order valence-electron chi connectivity index (χ4n) is 4.17. The minimum atomic E-state index is -1.26. The number of hydrogen-bond donors (Lipinski definition) is 2. The Kier molecular flexibility index (Phi) is 5.56. The van der Waals surface area contributed by atoms with Crippen molar-refractivity contribution in [2.75, 3.05) is 0 Å². The Morgan fingerprint density at radius 1 is 1.23 bits per heavy atom. The van der Waals surface area contributed by atoms with E-state index in [1.807, 2.05) is 47.9 Å². The number of hydrogen-bond acceptors (Lipinski definition) is 5. The predicted molar refractivity (Wildman–Crippen MR) is 114 cm³/mol. The standard InChI is InChI=1S/C24H26N2O4/c1-3-24(29)16(2)30-22(13-23(24)28)18-9-11-25-14-20(18)26-12-10-21(27)19(15-26)17-7-5-4-6-8-17/h4-12,14-16,22-23,28-29H,3,13H2,1-2H3/t16-,22-,23-,24-/m1/s1. The van der Waals surface area contributed by atoms with Crippen LogP contribution in [0, 0.1) is 0 Å². The van der Waals surface area contributed by atoms with Crippen molar-refractivity contribution in [1.29, 1.82) is 0 Å². The van der Waals surface area contributed by atoms with Crippen LogP contribution in [0.15, 0.2) is 72.0 Å². The number of rotatable bonds is 4. The Labute approximate surface area is 175 Å². The van der Waals surface area contributed by atoms with E-state index in [0.717, 1.165) is 16.8 Å². The molecule has 0 saturated carbocycles. The normalized spacial score (nSPS) is 26.5. The first-order chi connectivity index (χ1) is 14.4. The van der Waals surface area contributed by atoms with Crippen molar-refractivity contribution in [3.63, 3.8) is 0 Å². The van der Waals surface area contributed by atoms with Gasteiger partial charge in [0.05, 0.1) is 30.2 Å². The molecule has 3 aromatic rings. The van der Waals surface area contributed by atoms with Gasteiger partial charge in [-0.3, -0.25) is 9.78 Å². The van der Waals surface area contributed by atoms with Gasteiger partial charge in [0, 0.05) is 42.2 Å². The quantitative estimate of drug-likeness (QED) is 0.695. The molecule has 0 aliphatic carbocycles. The lowest BCUT2D eigenvalue weighted by Gasteiger charge is -2.45. The molecule has 156 valence electrons. The Morgan fingerprint density at radius 2 is 2.00 bits per heavy atom. The maximum Gasteiger partial charge on any atom is 0.189 e. The fraction of sp³-hybridized carbons (Fsp3) is 0.333. The van der Waals surface area contributed by atoms with Crippen molar-refractivity contribution in [1.82, 2.24) is 9.55 Å². The SMILES string of the molecule is CC[C@]1(O)[C@H](O)C[C@H](c2ccncc2-n2ccc(=O)c(-c3ccccc3)c2)O[C@@H]1C. The molecule has 6 nitrogen and oxygen atoms in total. The topological polar surface area (TPSA) is 84.6 Å². The lowest BCUT2D eigenvalue weighted by molar-refractivity contribution is -0.224. The second kappa shape index (κ2) is 8.14. The van der Waals surface area contributed by atoms with E-state index in [-0.39, 0.29) is 11.8 Å². The monoisotopic (exact) mass is 406 g/mol. The molecule has 2 aromatic heterocycles. The summed E-state index contributed by atoms with van der Waals surface area (Å²) in [5.74, 6) is 0. The second-order valence-electron chi connectivity index (χ2n) is 7.79. The summed E-state index contributed by atoms with van der Waals surface area (Å²) in [7, 11) is 0. The lowest BCUT2D eigenvalue weighted by atomic mass is 9.81. The first-order valence-electron chi connectivity index (χ1n) is 10.2. The first-order valence-corrected chi connectivity index (χ1v) is 10.2. The van der Waals surface area contributed by atoms with E-state index in [0.29, 0.717) is 12.0 Å². The molecule has 4 rings (SSSR count). The zero-order valence-electron chi connectivity index (χ0n) is 17.1. The van der Waals surface area contributed by atoms with Gasteiger partial charge in [0.25, 0.3) is 0 Å². The van der Waals surface area contributed by atoms with Crippen molar-refractivity contribution >= 4 is 0 Å². The van der Waals surface area contributed by atoms with Crippen LogP contribution in [-0.4, -0.2) is 37.6 Å². The zero-order chi connectivity index (χ0) is 21.3. The van der Waals surface area contributed by atoms with E-state index in [9.17, 15) is 15.0 Å². The van der Waals surface area contributed by atoms with E-state index < -0.39 is 23.9 Å². The molecule has 0 amide bonds. The molecule has 0 radical (unpaired) electrons. The van der Waals surface area contributed by atoms with Gasteiger partial charge in [-0.1, -0.05) is 37.3 Å². The molecule has 1 aliphatic heterocycles. The van der Waals surface area contributed by atoms with Crippen molar-refractivity contribution in [3.05, 3.63) is 83.0 Å². The van der Waals surface area contributed by atoms with Crippen molar-refractivity contribution in [2.24, 2.45) is 0 Å².